The van der Waals surface area contributed by atoms with Gasteiger partial charge in [-0.05, 0) is 29.8 Å². The number of carbonyl (C=O) groups is 1. The summed E-state index contributed by atoms with van der Waals surface area (Å²) in [6.45, 7) is 0. The fourth-order valence-corrected chi connectivity index (χ4v) is 2.92. The molecular formula is C19H16N4O3. The standard InChI is InChI=1S/C19H16N4O3/c1-22-14-8-7-12(9-15(14)23(2)19(22)25)11-20-21-18(24)17-10-13-5-3-4-6-16(13)26-17/h3-11H,1-2H3,(H,21,24)/b20-11+. The number of fused-ring (bicyclic) bond motifs is 2. The first kappa shape index (κ1) is 15.9. The number of hydrogen-bond donors (Lipinski definition) is 1. The van der Waals surface area contributed by atoms with Crippen molar-refractivity contribution in [3.63, 3.8) is 0 Å². The van der Waals surface area contributed by atoms with Crippen molar-refractivity contribution in [2.45, 2.75) is 0 Å². The summed E-state index contributed by atoms with van der Waals surface area (Å²) in [4.78, 5) is 24.1. The van der Waals surface area contributed by atoms with Gasteiger partial charge in [0.2, 0.25) is 0 Å². The van der Waals surface area contributed by atoms with Crippen LogP contribution in [0.15, 0.2) is 62.8 Å². The van der Waals surface area contributed by atoms with Gasteiger partial charge in [0.25, 0.3) is 0 Å². The molecule has 0 aliphatic carbocycles. The summed E-state index contributed by atoms with van der Waals surface area (Å²) in [6.07, 6.45) is 1.53. The summed E-state index contributed by atoms with van der Waals surface area (Å²) < 4.78 is 8.65. The van der Waals surface area contributed by atoms with Crippen LogP contribution in [-0.2, 0) is 14.1 Å². The Kier molecular flexibility index (Phi) is 3.69. The van der Waals surface area contributed by atoms with Crippen molar-refractivity contribution in [1.82, 2.24) is 14.6 Å². The molecule has 0 atom stereocenters. The summed E-state index contributed by atoms with van der Waals surface area (Å²) in [7, 11) is 3.45. The van der Waals surface area contributed by atoms with Gasteiger partial charge in [0.05, 0.1) is 17.2 Å². The van der Waals surface area contributed by atoms with Gasteiger partial charge < -0.3 is 4.42 Å². The van der Waals surface area contributed by atoms with E-state index in [0.717, 1.165) is 22.0 Å². The van der Waals surface area contributed by atoms with E-state index in [2.05, 4.69) is 10.5 Å². The van der Waals surface area contributed by atoms with Crippen LogP contribution < -0.4 is 11.1 Å². The van der Waals surface area contributed by atoms with Gasteiger partial charge in [-0.25, -0.2) is 10.2 Å². The van der Waals surface area contributed by atoms with Crippen molar-refractivity contribution in [3.05, 3.63) is 70.3 Å². The fourth-order valence-electron chi connectivity index (χ4n) is 2.92. The monoisotopic (exact) mass is 348 g/mol. The average molecular weight is 348 g/mol. The molecule has 0 aliphatic rings. The van der Waals surface area contributed by atoms with Crippen molar-refractivity contribution in [2.24, 2.45) is 19.2 Å². The van der Waals surface area contributed by atoms with Gasteiger partial charge in [-0.3, -0.25) is 13.9 Å². The van der Waals surface area contributed by atoms with E-state index in [-0.39, 0.29) is 11.4 Å². The maximum Gasteiger partial charge on any atom is 0.328 e. The highest BCUT2D eigenvalue weighted by atomic mass is 16.3. The van der Waals surface area contributed by atoms with Crippen LogP contribution in [0.2, 0.25) is 0 Å². The lowest BCUT2D eigenvalue weighted by molar-refractivity contribution is 0.0929. The van der Waals surface area contributed by atoms with Gasteiger partial charge in [-0.15, -0.1) is 0 Å². The Morgan fingerprint density at radius 3 is 2.65 bits per heavy atom. The number of aryl methyl sites for hydroxylation is 2. The molecule has 26 heavy (non-hydrogen) atoms. The van der Waals surface area contributed by atoms with Crippen LogP contribution in [0.3, 0.4) is 0 Å². The van der Waals surface area contributed by atoms with E-state index in [1.54, 1.807) is 35.4 Å². The normalized spacial score (nSPS) is 11.6. The van der Waals surface area contributed by atoms with Crippen LogP contribution in [0.5, 0.6) is 0 Å². The van der Waals surface area contributed by atoms with Gasteiger partial charge in [-0.2, -0.15) is 5.10 Å². The molecule has 0 fully saturated rings. The Hall–Kier alpha value is -3.61. The number of imidazole rings is 1. The second-order valence-corrected chi connectivity index (χ2v) is 6.00. The maximum atomic E-state index is 12.2. The van der Waals surface area contributed by atoms with Crippen molar-refractivity contribution < 1.29 is 9.21 Å². The molecule has 0 spiro atoms. The highest BCUT2D eigenvalue weighted by molar-refractivity contribution is 5.96. The van der Waals surface area contributed by atoms with Crippen molar-refractivity contribution in [1.29, 1.82) is 0 Å². The second kappa shape index (κ2) is 6.03. The molecule has 0 saturated heterocycles. The highest BCUT2D eigenvalue weighted by Crippen LogP contribution is 2.18. The molecule has 130 valence electrons. The first-order valence-corrected chi connectivity index (χ1v) is 8.02. The quantitative estimate of drug-likeness (QED) is 0.456. The number of aromatic nitrogens is 2. The molecule has 1 N–H and O–H groups in total. The minimum absolute atomic E-state index is 0.0905. The summed E-state index contributed by atoms with van der Waals surface area (Å²) in [5, 5.41) is 4.83. The minimum atomic E-state index is -0.425. The number of rotatable bonds is 3. The molecule has 2 aromatic heterocycles. The van der Waals surface area contributed by atoms with Crippen LogP contribution in [0.25, 0.3) is 22.0 Å². The van der Waals surface area contributed by atoms with Gasteiger partial charge in [-0.1, -0.05) is 24.3 Å². The molecule has 4 aromatic rings. The van der Waals surface area contributed by atoms with Crippen molar-refractivity contribution in [3.8, 4) is 0 Å². The lowest BCUT2D eigenvalue weighted by Crippen LogP contribution is -2.19. The van der Waals surface area contributed by atoms with E-state index >= 15 is 0 Å². The van der Waals surface area contributed by atoms with Crippen LogP contribution >= 0.6 is 0 Å². The molecule has 4 rings (SSSR count). The van der Waals surface area contributed by atoms with E-state index in [4.69, 9.17) is 4.42 Å². The number of hydrogen-bond acceptors (Lipinski definition) is 4. The molecule has 7 nitrogen and oxygen atoms in total. The predicted molar refractivity (Wildman–Crippen MR) is 99.4 cm³/mol. The van der Waals surface area contributed by atoms with E-state index in [1.807, 2.05) is 36.4 Å². The maximum absolute atomic E-state index is 12.2. The number of benzene rings is 2. The van der Waals surface area contributed by atoms with Crippen LogP contribution in [0.4, 0.5) is 0 Å². The average Bonchev–Trinajstić information content (AvgIpc) is 3.18. The molecule has 0 saturated carbocycles. The topological polar surface area (TPSA) is 81.5 Å². The first-order chi connectivity index (χ1) is 12.5. The molecule has 0 radical (unpaired) electrons. The van der Waals surface area contributed by atoms with Crippen LogP contribution in [0.1, 0.15) is 16.1 Å². The smallest absolute Gasteiger partial charge is 0.328 e. The number of amides is 1. The van der Waals surface area contributed by atoms with Crippen molar-refractivity contribution >= 4 is 34.1 Å². The van der Waals surface area contributed by atoms with Gasteiger partial charge >= 0.3 is 11.6 Å². The Morgan fingerprint density at radius 1 is 1.08 bits per heavy atom. The third-order valence-electron chi connectivity index (χ3n) is 4.33. The Bertz CT molecular complexity index is 1190. The Morgan fingerprint density at radius 2 is 1.85 bits per heavy atom. The number of furan rings is 1. The van der Waals surface area contributed by atoms with Crippen LogP contribution in [-0.4, -0.2) is 21.3 Å². The third kappa shape index (κ3) is 2.59. The van der Waals surface area contributed by atoms with Crippen molar-refractivity contribution in [2.75, 3.05) is 0 Å². The van der Waals surface area contributed by atoms with Crippen LogP contribution in [0, 0.1) is 0 Å². The number of carbonyl (C=O) groups excluding carboxylic acids is 1. The number of nitrogens with zero attached hydrogens (tertiary/aromatic N) is 3. The predicted octanol–water partition coefficient (Wildman–Crippen LogP) is 2.39. The zero-order valence-corrected chi connectivity index (χ0v) is 14.3. The number of para-hydroxylation sites is 1. The number of nitrogens with one attached hydrogen (secondary N) is 1. The third-order valence-corrected chi connectivity index (χ3v) is 4.33. The molecule has 1 amide bonds. The second-order valence-electron chi connectivity index (χ2n) is 6.00. The Labute approximate surface area is 148 Å². The van der Waals surface area contributed by atoms with Gasteiger partial charge in [0.15, 0.2) is 5.76 Å². The molecular weight excluding hydrogens is 332 g/mol. The van der Waals surface area contributed by atoms with E-state index in [9.17, 15) is 9.59 Å². The lowest BCUT2D eigenvalue weighted by Gasteiger charge is -1.98. The zero-order chi connectivity index (χ0) is 18.3. The fraction of sp³-hybridized carbons (Fsp3) is 0.105. The molecule has 0 unspecified atom stereocenters. The molecule has 2 heterocycles. The largest absolute Gasteiger partial charge is 0.451 e. The van der Waals surface area contributed by atoms with E-state index in [1.165, 1.54) is 6.21 Å². The first-order valence-electron chi connectivity index (χ1n) is 8.02. The van der Waals surface area contributed by atoms with Gasteiger partial charge in [0.1, 0.15) is 5.58 Å². The molecule has 2 aromatic carbocycles. The highest BCUT2D eigenvalue weighted by Gasteiger charge is 2.11. The summed E-state index contributed by atoms with van der Waals surface area (Å²) in [5.74, 6) is -0.227. The van der Waals surface area contributed by atoms with E-state index < -0.39 is 5.91 Å². The summed E-state index contributed by atoms with van der Waals surface area (Å²) >= 11 is 0. The van der Waals surface area contributed by atoms with E-state index in [0.29, 0.717) is 5.58 Å². The zero-order valence-electron chi connectivity index (χ0n) is 14.3. The molecule has 0 bridgehead atoms. The molecule has 0 aliphatic heterocycles. The Balaban J connectivity index is 1.54. The molecule has 7 heteroatoms. The summed E-state index contributed by atoms with van der Waals surface area (Å²) in [5.41, 5.74) is 5.41. The van der Waals surface area contributed by atoms with Gasteiger partial charge in [0, 0.05) is 19.5 Å². The lowest BCUT2D eigenvalue weighted by atomic mass is 10.2. The number of hydrazone groups is 1. The summed E-state index contributed by atoms with van der Waals surface area (Å²) in [6, 6.07) is 14.6. The SMILES string of the molecule is Cn1c(=O)n(C)c2cc(/C=N/NC(=O)c3cc4ccccc4o3)ccc21. The minimum Gasteiger partial charge on any atom is -0.451 e.